The molecule has 0 aliphatic heterocycles. The molecular weight excluding hydrogens is 368 g/mol. The number of halogens is 1. The Morgan fingerprint density at radius 3 is 2.89 bits per heavy atom. The van der Waals surface area contributed by atoms with Crippen molar-refractivity contribution in [2.45, 2.75) is 26.3 Å². The van der Waals surface area contributed by atoms with Crippen molar-refractivity contribution in [3.05, 3.63) is 42.1 Å². The highest BCUT2D eigenvalue weighted by Gasteiger charge is 2.19. The highest BCUT2D eigenvalue weighted by molar-refractivity contribution is 6.30. The normalized spacial score (nSPS) is 11.9. The number of aromatic amines is 1. The summed E-state index contributed by atoms with van der Waals surface area (Å²) in [6.45, 7) is 5.62. The van der Waals surface area contributed by atoms with E-state index in [1.54, 1.807) is 31.0 Å². The number of rotatable bonds is 2. The summed E-state index contributed by atoms with van der Waals surface area (Å²) in [5, 5.41) is 3.35. The van der Waals surface area contributed by atoms with Gasteiger partial charge in [-0.3, -0.25) is 0 Å². The Kier molecular flexibility index (Phi) is 4.00. The van der Waals surface area contributed by atoms with Gasteiger partial charge in [0, 0.05) is 17.9 Å². The molecule has 0 saturated carbocycles. The number of hydrogen-bond acceptors (Lipinski definition) is 5. The van der Waals surface area contributed by atoms with Gasteiger partial charge in [0.05, 0.1) is 16.7 Å². The fourth-order valence-electron chi connectivity index (χ4n) is 2.66. The van der Waals surface area contributed by atoms with Crippen molar-refractivity contribution in [2.75, 3.05) is 0 Å². The van der Waals surface area contributed by atoms with Gasteiger partial charge in [0.2, 0.25) is 0 Å². The third-order valence-electron chi connectivity index (χ3n) is 3.76. The summed E-state index contributed by atoms with van der Waals surface area (Å²) < 4.78 is 7.21. The SMILES string of the molecule is CC(C)(C)NC(=O)Oc1c[nH]c2ncc(-c3ncn4cc(Cl)ccc34)nc12. The van der Waals surface area contributed by atoms with E-state index in [1.165, 1.54) is 0 Å². The van der Waals surface area contributed by atoms with E-state index < -0.39 is 11.6 Å². The molecule has 2 N–H and O–H groups in total. The molecule has 0 aromatic carbocycles. The Balaban J connectivity index is 1.72. The minimum absolute atomic E-state index is 0.299. The molecule has 4 aromatic heterocycles. The van der Waals surface area contributed by atoms with E-state index in [0.717, 1.165) is 5.52 Å². The number of amides is 1. The van der Waals surface area contributed by atoms with Crippen LogP contribution in [-0.4, -0.2) is 36.0 Å². The zero-order valence-electron chi connectivity index (χ0n) is 14.9. The van der Waals surface area contributed by atoms with Gasteiger partial charge in [-0.05, 0) is 32.9 Å². The number of ether oxygens (including phenoxy) is 1. The van der Waals surface area contributed by atoms with Gasteiger partial charge in [-0.1, -0.05) is 11.6 Å². The number of pyridine rings is 1. The van der Waals surface area contributed by atoms with Crippen LogP contribution in [0.4, 0.5) is 4.79 Å². The van der Waals surface area contributed by atoms with E-state index in [9.17, 15) is 4.79 Å². The summed E-state index contributed by atoms with van der Waals surface area (Å²) in [6.07, 6.45) is 6.04. The van der Waals surface area contributed by atoms with E-state index >= 15 is 0 Å². The van der Waals surface area contributed by atoms with Crippen molar-refractivity contribution in [1.82, 2.24) is 29.7 Å². The topological polar surface area (TPSA) is 97.2 Å². The first-order valence-corrected chi connectivity index (χ1v) is 8.65. The molecule has 0 aliphatic rings. The second-order valence-corrected chi connectivity index (χ2v) is 7.54. The van der Waals surface area contributed by atoms with Crippen molar-refractivity contribution >= 4 is 34.4 Å². The van der Waals surface area contributed by atoms with Crippen LogP contribution in [0.5, 0.6) is 5.75 Å². The van der Waals surface area contributed by atoms with Gasteiger partial charge in [-0.2, -0.15) is 0 Å². The third-order valence-corrected chi connectivity index (χ3v) is 3.99. The molecule has 27 heavy (non-hydrogen) atoms. The molecule has 8 nitrogen and oxygen atoms in total. The van der Waals surface area contributed by atoms with E-state index in [2.05, 4.69) is 25.3 Å². The first-order valence-electron chi connectivity index (χ1n) is 8.27. The Labute approximate surface area is 159 Å². The number of fused-ring (bicyclic) bond motifs is 2. The number of carbonyl (C=O) groups is 1. The molecule has 0 aliphatic carbocycles. The second kappa shape index (κ2) is 6.24. The number of H-pyrrole nitrogens is 1. The Hall–Kier alpha value is -3.13. The van der Waals surface area contributed by atoms with E-state index in [1.807, 2.05) is 31.2 Å². The van der Waals surface area contributed by atoms with Crippen LogP contribution >= 0.6 is 11.6 Å². The first kappa shape index (κ1) is 17.3. The number of aromatic nitrogens is 5. The summed E-state index contributed by atoms with van der Waals surface area (Å²) in [4.78, 5) is 28.4. The fraction of sp³-hybridized carbons (Fsp3) is 0.222. The molecule has 0 saturated heterocycles. The van der Waals surface area contributed by atoms with Crippen LogP contribution in [0.15, 0.2) is 37.1 Å². The molecule has 4 aromatic rings. The van der Waals surface area contributed by atoms with Crippen molar-refractivity contribution in [1.29, 1.82) is 0 Å². The molecule has 9 heteroatoms. The van der Waals surface area contributed by atoms with Crippen LogP contribution in [0.1, 0.15) is 20.8 Å². The highest BCUT2D eigenvalue weighted by atomic mass is 35.5. The maximum Gasteiger partial charge on any atom is 0.413 e. The minimum atomic E-state index is -0.558. The largest absolute Gasteiger partial charge is 0.413 e. The van der Waals surface area contributed by atoms with Gasteiger partial charge in [0.25, 0.3) is 0 Å². The number of hydrogen-bond donors (Lipinski definition) is 2. The molecule has 4 heterocycles. The zero-order valence-corrected chi connectivity index (χ0v) is 15.7. The van der Waals surface area contributed by atoms with Gasteiger partial charge in [0.1, 0.15) is 17.7 Å². The van der Waals surface area contributed by atoms with Gasteiger partial charge in [-0.15, -0.1) is 0 Å². The van der Waals surface area contributed by atoms with Crippen molar-refractivity contribution in [3.63, 3.8) is 0 Å². The van der Waals surface area contributed by atoms with Crippen LogP contribution in [0.3, 0.4) is 0 Å². The average molecular weight is 385 g/mol. The lowest BCUT2D eigenvalue weighted by Crippen LogP contribution is -2.42. The molecule has 0 unspecified atom stereocenters. The van der Waals surface area contributed by atoms with Crippen LogP contribution in [-0.2, 0) is 0 Å². The quantitative estimate of drug-likeness (QED) is 0.547. The lowest BCUT2D eigenvalue weighted by atomic mass is 10.1. The monoisotopic (exact) mass is 384 g/mol. The molecule has 0 spiro atoms. The minimum Gasteiger partial charge on any atom is -0.406 e. The number of imidazole rings is 1. The Morgan fingerprint density at radius 1 is 1.30 bits per heavy atom. The number of nitrogens with zero attached hydrogens (tertiary/aromatic N) is 4. The molecule has 0 fully saturated rings. The van der Waals surface area contributed by atoms with Crippen LogP contribution < -0.4 is 10.1 Å². The van der Waals surface area contributed by atoms with Gasteiger partial charge < -0.3 is 19.4 Å². The van der Waals surface area contributed by atoms with Crippen LogP contribution in [0.2, 0.25) is 5.02 Å². The van der Waals surface area contributed by atoms with Crippen molar-refractivity contribution < 1.29 is 9.53 Å². The lowest BCUT2D eigenvalue weighted by Gasteiger charge is -2.19. The van der Waals surface area contributed by atoms with Gasteiger partial charge >= 0.3 is 6.09 Å². The smallest absolute Gasteiger partial charge is 0.406 e. The van der Waals surface area contributed by atoms with Gasteiger partial charge in [0.15, 0.2) is 16.9 Å². The third kappa shape index (κ3) is 3.43. The molecule has 4 rings (SSSR count). The first-order chi connectivity index (χ1) is 12.8. The van der Waals surface area contributed by atoms with Crippen molar-refractivity contribution in [3.8, 4) is 17.1 Å². The molecular formula is C18H17ClN6O2. The summed E-state index contributed by atoms with van der Waals surface area (Å²) in [6, 6.07) is 3.65. The molecule has 0 atom stereocenters. The molecule has 138 valence electrons. The Morgan fingerprint density at radius 2 is 2.11 bits per heavy atom. The Bertz CT molecular complexity index is 1160. The fourth-order valence-corrected chi connectivity index (χ4v) is 2.83. The second-order valence-electron chi connectivity index (χ2n) is 7.10. The van der Waals surface area contributed by atoms with E-state index in [0.29, 0.717) is 33.3 Å². The molecule has 0 bridgehead atoms. The van der Waals surface area contributed by atoms with Crippen molar-refractivity contribution in [2.24, 2.45) is 0 Å². The summed E-state index contributed by atoms with van der Waals surface area (Å²) in [7, 11) is 0. The standard InChI is InChI=1S/C18H17ClN6O2/c1-18(2,3)24-17(26)27-13-7-21-16-15(13)23-11(6-20-16)14-12-5-4-10(19)8-25(12)9-22-14/h4-9H,1-3H3,(H,20,21)(H,24,26). The highest BCUT2D eigenvalue weighted by Crippen LogP contribution is 2.27. The molecule has 1 amide bonds. The molecule has 0 radical (unpaired) electrons. The zero-order chi connectivity index (χ0) is 19.2. The number of nitrogens with one attached hydrogen (secondary N) is 2. The van der Waals surface area contributed by atoms with Crippen LogP contribution in [0, 0.1) is 0 Å². The van der Waals surface area contributed by atoms with E-state index in [-0.39, 0.29) is 0 Å². The van der Waals surface area contributed by atoms with Gasteiger partial charge in [-0.25, -0.2) is 19.7 Å². The predicted octanol–water partition coefficient (Wildman–Crippen LogP) is 3.81. The lowest BCUT2D eigenvalue weighted by molar-refractivity contribution is 0.191. The van der Waals surface area contributed by atoms with Crippen LogP contribution in [0.25, 0.3) is 28.1 Å². The summed E-state index contributed by atoms with van der Waals surface area (Å²) in [5.41, 5.74) is 2.63. The average Bonchev–Trinajstić information content (AvgIpc) is 3.16. The summed E-state index contributed by atoms with van der Waals surface area (Å²) >= 11 is 6.02. The summed E-state index contributed by atoms with van der Waals surface area (Å²) in [5.74, 6) is 0.299. The number of carbonyl (C=O) groups excluding carboxylic acids is 1. The predicted molar refractivity (Wildman–Crippen MR) is 102 cm³/mol. The maximum atomic E-state index is 12.1. The maximum absolute atomic E-state index is 12.1. The van der Waals surface area contributed by atoms with E-state index in [4.69, 9.17) is 16.3 Å².